The van der Waals surface area contributed by atoms with Crippen LogP contribution in [0, 0.1) is 6.42 Å². The van der Waals surface area contributed by atoms with Gasteiger partial charge in [0.25, 0.3) is 0 Å². The highest BCUT2D eigenvalue weighted by molar-refractivity contribution is 5.07. The van der Waals surface area contributed by atoms with Crippen LogP contribution in [-0.4, -0.2) is 32.6 Å². The van der Waals surface area contributed by atoms with Gasteiger partial charge in [-0.1, -0.05) is 0 Å². The van der Waals surface area contributed by atoms with Crippen LogP contribution in [0.5, 0.6) is 0 Å². The van der Waals surface area contributed by atoms with Crippen LogP contribution in [0.1, 0.15) is 34.1 Å². The monoisotopic (exact) mass is 172 g/mol. The molecule has 0 aromatic carbocycles. The molecule has 71 valence electrons. The minimum atomic E-state index is -0.443. The Morgan fingerprint density at radius 3 is 2.25 bits per heavy atom. The van der Waals surface area contributed by atoms with Crippen molar-refractivity contribution in [2.45, 2.75) is 51.3 Å². The molecule has 1 radical (unpaired) electrons. The predicted octanol–water partition coefficient (Wildman–Crippen LogP) is 1.20. The van der Waals surface area contributed by atoms with E-state index in [-0.39, 0.29) is 5.54 Å². The van der Waals surface area contributed by atoms with Crippen molar-refractivity contribution in [3.8, 4) is 0 Å². The molecule has 1 aliphatic heterocycles. The molecule has 1 atom stereocenters. The Labute approximate surface area is 74.0 Å². The molecule has 1 saturated heterocycles. The molecule has 1 aliphatic rings. The summed E-state index contributed by atoms with van der Waals surface area (Å²) >= 11 is 0. The molecule has 0 aliphatic carbocycles. The fraction of sp³-hybridized carbons (Fsp3) is 0.889. The number of piperidine rings is 1. The van der Waals surface area contributed by atoms with Gasteiger partial charge in [-0.05, 0) is 34.1 Å². The SMILES string of the molecule is CC1(C)[CH]C(O)CC(C)(C)N1O. The second kappa shape index (κ2) is 2.69. The van der Waals surface area contributed by atoms with Gasteiger partial charge in [-0.2, -0.15) is 5.06 Å². The molecular weight excluding hydrogens is 154 g/mol. The van der Waals surface area contributed by atoms with Gasteiger partial charge in [-0.15, -0.1) is 0 Å². The van der Waals surface area contributed by atoms with Crippen molar-refractivity contribution in [1.82, 2.24) is 5.06 Å². The van der Waals surface area contributed by atoms with E-state index in [1.165, 1.54) is 5.06 Å². The van der Waals surface area contributed by atoms with Crippen LogP contribution in [0.2, 0.25) is 0 Å². The van der Waals surface area contributed by atoms with E-state index in [0.717, 1.165) is 0 Å². The molecule has 1 fully saturated rings. The number of aliphatic hydroxyl groups excluding tert-OH is 1. The highest BCUT2D eigenvalue weighted by Crippen LogP contribution is 2.35. The topological polar surface area (TPSA) is 43.7 Å². The van der Waals surface area contributed by atoms with Gasteiger partial charge in [0.05, 0.1) is 6.10 Å². The minimum Gasteiger partial charge on any atom is -0.393 e. The molecule has 0 aromatic heterocycles. The van der Waals surface area contributed by atoms with Crippen molar-refractivity contribution in [3.63, 3.8) is 0 Å². The number of aliphatic hydroxyl groups is 1. The molecule has 0 spiro atoms. The quantitative estimate of drug-likeness (QED) is 0.577. The summed E-state index contributed by atoms with van der Waals surface area (Å²) in [5.41, 5.74) is -0.793. The van der Waals surface area contributed by atoms with Gasteiger partial charge in [0, 0.05) is 17.5 Å². The van der Waals surface area contributed by atoms with Crippen molar-refractivity contribution in [1.29, 1.82) is 0 Å². The molecule has 0 aromatic rings. The lowest BCUT2D eigenvalue weighted by atomic mass is 9.80. The summed E-state index contributed by atoms with van der Waals surface area (Å²) in [5, 5.41) is 20.6. The maximum absolute atomic E-state index is 9.77. The first kappa shape index (κ1) is 9.96. The first-order valence-electron chi connectivity index (χ1n) is 4.29. The lowest BCUT2D eigenvalue weighted by Gasteiger charge is -2.49. The van der Waals surface area contributed by atoms with Crippen molar-refractivity contribution < 1.29 is 10.3 Å². The number of hydrogen-bond acceptors (Lipinski definition) is 3. The maximum Gasteiger partial charge on any atom is 0.0609 e. The molecule has 0 saturated carbocycles. The Morgan fingerprint density at radius 2 is 1.83 bits per heavy atom. The predicted molar refractivity (Wildman–Crippen MR) is 46.7 cm³/mol. The molecular formula is C9H18NO2. The lowest BCUT2D eigenvalue weighted by molar-refractivity contribution is -0.238. The Morgan fingerprint density at radius 1 is 1.33 bits per heavy atom. The van der Waals surface area contributed by atoms with Gasteiger partial charge in [-0.3, -0.25) is 0 Å². The van der Waals surface area contributed by atoms with Crippen molar-refractivity contribution in [2.75, 3.05) is 0 Å². The highest BCUT2D eigenvalue weighted by atomic mass is 16.5. The number of nitrogens with zero attached hydrogens (tertiary/aromatic N) is 1. The standard InChI is InChI=1S/C9H18NO2/c1-8(2)5-7(11)6-9(3,4)10(8)12/h5,7,11-12H,6H2,1-4H3. The summed E-state index contributed by atoms with van der Waals surface area (Å²) < 4.78 is 0. The van der Waals surface area contributed by atoms with Crippen LogP contribution in [-0.2, 0) is 0 Å². The zero-order valence-corrected chi connectivity index (χ0v) is 8.20. The van der Waals surface area contributed by atoms with E-state index in [0.29, 0.717) is 6.42 Å². The largest absolute Gasteiger partial charge is 0.393 e. The van der Waals surface area contributed by atoms with Gasteiger partial charge in [0.2, 0.25) is 0 Å². The molecule has 1 unspecified atom stereocenters. The van der Waals surface area contributed by atoms with Gasteiger partial charge >= 0.3 is 0 Å². The number of hydrogen-bond donors (Lipinski definition) is 2. The van der Waals surface area contributed by atoms with Crippen LogP contribution < -0.4 is 0 Å². The average molecular weight is 172 g/mol. The van der Waals surface area contributed by atoms with Gasteiger partial charge in [-0.25, -0.2) is 0 Å². The van der Waals surface area contributed by atoms with E-state index in [2.05, 4.69) is 0 Å². The third kappa shape index (κ3) is 1.63. The smallest absolute Gasteiger partial charge is 0.0609 e. The third-order valence-corrected chi connectivity index (χ3v) is 2.43. The van der Waals surface area contributed by atoms with Crippen molar-refractivity contribution in [2.24, 2.45) is 0 Å². The fourth-order valence-electron chi connectivity index (χ4n) is 1.98. The molecule has 1 heterocycles. The highest BCUT2D eigenvalue weighted by Gasteiger charge is 2.44. The lowest BCUT2D eigenvalue weighted by Crippen LogP contribution is -2.60. The van der Waals surface area contributed by atoms with Crippen LogP contribution in [0.3, 0.4) is 0 Å². The molecule has 0 amide bonds. The Kier molecular flexibility index (Phi) is 2.23. The second-order valence-electron chi connectivity index (χ2n) is 4.72. The van der Waals surface area contributed by atoms with E-state index in [1.807, 2.05) is 27.7 Å². The maximum atomic E-state index is 9.77. The minimum absolute atomic E-state index is 0.350. The zero-order valence-electron chi connectivity index (χ0n) is 8.20. The average Bonchev–Trinajstić information content (AvgIpc) is 1.80. The molecule has 12 heavy (non-hydrogen) atoms. The zero-order chi connectivity index (χ0) is 9.57. The van der Waals surface area contributed by atoms with E-state index >= 15 is 0 Å². The van der Waals surface area contributed by atoms with E-state index in [9.17, 15) is 10.3 Å². The van der Waals surface area contributed by atoms with Crippen molar-refractivity contribution in [3.05, 3.63) is 6.42 Å². The molecule has 3 heteroatoms. The van der Waals surface area contributed by atoms with Crippen LogP contribution >= 0.6 is 0 Å². The van der Waals surface area contributed by atoms with E-state index in [1.54, 1.807) is 6.42 Å². The summed E-state index contributed by atoms with van der Waals surface area (Å²) in [4.78, 5) is 0. The van der Waals surface area contributed by atoms with Crippen molar-refractivity contribution >= 4 is 0 Å². The van der Waals surface area contributed by atoms with E-state index in [4.69, 9.17) is 0 Å². The Bertz CT molecular complexity index is 159. The van der Waals surface area contributed by atoms with E-state index < -0.39 is 11.6 Å². The second-order valence-corrected chi connectivity index (χ2v) is 4.72. The van der Waals surface area contributed by atoms with Crippen LogP contribution in [0.15, 0.2) is 0 Å². The molecule has 1 rings (SSSR count). The summed E-state index contributed by atoms with van der Waals surface area (Å²) in [6.07, 6.45) is 1.92. The van der Waals surface area contributed by atoms with Gasteiger partial charge < -0.3 is 10.3 Å². The normalized spacial score (nSPS) is 30.5. The Hall–Kier alpha value is -0.120. The summed E-state index contributed by atoms with van der Waals surface area (Å²) in [7, 11) is 0. The third-order valence-electron chi connectivity index (χ3n) is 2.43. The molecule has 3 nitrogen and oxygen atoms in total. The first-order valence-corrected chi connectivity index (χ1v) is 4.29. The van der Waals surface area contributed by atoms with Gasteiger partial charge in [0.15, 0.2) is 0 Å². The van der Waals surface area contributed by atoms with Gasteiger partial charge in [0.1, 0.15) is 0 Å². The summed E-state index contributed by atoms with van der Waals surface area (Å²) in [6.45, 7) is 7.62. The summed E-state index contributed by atoms with van der Waals surface area (Å²) in [6, 6.07) is 0. The molecule has 0 bridgehead atoms. The Balaban J connectivity index is 2.84. The van der Waals surface area contributed by atoms with Crippen LogP contribution in [0.25, 0.3) is 0 Å². The number of rotatable bonds is 0. The molecule has 2 N–H and O–H groups in total. The fourth-order valence-corrected chi connectivity index (χ4v) is 1.98. The van der Waals surface area contributed by atoms with Crippen LogP contribution in [0.4, 0.5) is 0 Å². The first-order chi connectivity index (χ1) is 5.26. The number of hydroxylamine groups is 2. The summed E-state index contributed by atoms with van der Waals surface area (Å²) in [5.74, 6) is 0.